The number of rotatable bonds is 2. The average Bonchev–Trinajstić information content (AvgIpc) is 3.07. The number of benzene rings is 1. The predicted octanol–water partition coefficient (Wildman–Crippen LogP) is 1.81. The molecule has 1 aliphatic rings. The third-order valence-corrected chi connectivity index (χ3v) is 3.91. The number of aromatic nitrogens is 2. The first kappa shape index (κ1) is 13.3. The van der Waals surface area contributed by atoms with Crippen molar-refractivity contribution in [1.29, 1.82) is 0 Å². The molecule has 1 aromatic carbocycles. The van der Waals surface area contributed by atoms with Crippen molar-refractivity contribution in [2.75, 3.05) is 13.1 Å². The van der Waals surface area contributed by atoms with E-state index < -0.39 is 0 Å². The molecule has 5 nitrogen and oxygen atoms in total. The summed E-state index contributed by atoms with van der Waals surface area (Å²) in [7, 11) is 0. The third kappa shape index (κ3) is 2.62. The van der Waals surface area contributed by atoms with Crippen LogP contribution in [0.15, 0.2) is 41.1 Å². The van der Waals surface area contributed by atoms with Gasteiger partial charge in [-0.2, -0.15) is 5.10 Å². The van der Waals surface area contributed by atoms with Gasteiger partial charge in [-0.3, -0.25) is 4.79 Å². The molecule has 6 heteroatoms. The lowest BCUT2D eigenvalue weighted by molar-refractivity contribution is 0.0791. The van der Waals surface area contributed by atoms with Gasteiger partial charge in [0.1, 0.15) is 0 Å². The summed E-state index contributed by atoms with van der Waals surface area (Å²) in [5.41, 5.74) is 7.34. The van der Waals surface area contributed by atoms with Crippen LogP contribution < -0.4 is 5.73 Å². The molecule has 2 aromatic rings. The SMILES string of the molecule is NC1CCN(C(=O)c2cnn(-c3cccc(Br)c3)c2)C1. The van der Waals surface area contributed by atoms with E-state index in [1.54, 1.807) is 22.0 Å². The Morgan fingerprint density at radius 2 is 2.30 bits per heavy atom. The zero-order valence-corrected chi connectivity index (χ0v) is 12.5. The van der Waals surface area contributed by atoms with Gasteiger partial charge >= 0.3 is 0 Å². The fourth-order valence-corrected chi connectivity index (χ4v) is 2.73. The van der Waals surface area contributed by atoms with Gasteiger partial charge in [0.05, 0.1) is 17.4 Å². The van der Waals surface area contributed by atoms with Crippen LogP contribution in [0.25, 0.3) is 5.69 Å². The monoisotopic (exact) mass is 334 g/mol. The van der Waals surface area contributed by atoms with E-state index in [0.717, 1.165) is 23.1 Å². The molecule has 1 atom stereocenters. The minimum absolute atomic E-state index is 0.000744. The predicted molar refractivity (Wildman–Crippen MR) is 79.8 cm³/mol. The summed E-state index contributed by atoms with van der Waals surface area (Å²) in [5, 5.41) is 4.26. The molecule has 3 rings (SSSR count). The molecule has 0 spiro atoms. The van der Waals surface area contributed by atoms with Crippen molar-refractivity contribution in [3.05, 3.63) is 46.7 Å². The maximum Gasteiger partial charge on any atom is 0.257 e. The van der Waals surface area contributed by atoms with Crippen LogP contribution in [0.5, 0.6) is 0 Å². The van der Waals surface area contributed by atoms with Gasteiger partial charge in [0.15, 0.2) is 0 Å². The molecule has 1 saturated heterocycles. The van der Waals surface area contributed by atoms with Crippen LogP contribution >= 0.6 is 15.9 Å². The van der Waals surface area contributed by atoms with Gasteiger partial charge < -0.3 is 10.6 Å². The van der Waals surface area contributed by atoms with E-state index in [9.17, 15) is 4.79 Å². The number of carbonyl (C=O) groups is 1. The topological polar surface area (TPSA) is 64.2 Å². The molecule has 0 radical (unpaired) electrons. The first-order chi connectivity index (χ1) is 9.63. The standard InChI is InChI=1S/C14H15BrN4O/c15-11-2-1-3-13(6-11)19-8-10(7-17-19)14(20)18-5-4-12(16)9-18/h1-3,6-8,12H,4-5,9,16H2. The average molecular weight is 335 g/mol. The number of nitrogens with zero attached hydrogens (tertiary/aromatic N) is 3. The Kier molecular flexibility index (Phi) is 3.58. The molecule has 20 heavy (non-hydrogen) atoms. The first-order valence-corrected chi connectivity index (χ1v) is 7.28. The quantitative estimate of drug-likeness (QED) is 0.910. The smallest absolute Gasteiger partial charge is 0.257 e. The molecular weight excluding hydrogens is 320 g/mol. The van der Waals surface area contributed by atoms with Crippen molar-refractivity contribution in [1.82, 2.24) is 14.7 Å². The highest BCUT2D eigenvalue weighted by Crippen LogP contribution is 2.17. The van der Waals surface area contributed by atoms with Crippen LogP contribution in [0, 0.1) is 0 Å². The van der Waals surface area contributed by atoms with Gasteiger partial charge in [-0.25, -0.2) is 4.68 Å². The molecular formula is C14H15BrN4O. The summed E-state index contributed by atoms with van der Waals surface area (Å²) in [6, 6.07) is 7.87. The Labute approximate surface area is 125 Å². The molecule has 2 N–H and O–H groups in total. The fraction of sp³-hybridized carbons (Fsp3) is 0.286. The molecule has 1 aromatic heterocycles. The van der Waals surface area contributed by atoms with E-state index in [1.807, 2.05) is 24.3 Å². The number of amides is 1. The number of likely N-dealkylation sites (tertiary alicyclic amines) is 1. The lowest BCUT2D eigenvalue weighted by Gasteiger charge is -2.14. The lowest BCUT2D eigenvalue weighted by atomic mass is 10.3. The van der Waals surface area contributed by atoms with E-state index in [-0.39, 0.29) is 11.9 Å². The first-order valence-electron chi connectivity index (χ1n) is 6.49. The van der Waals surface area contributed by atoms with Gasteiger partial charge in [-0.1, -0.05) is 22.0 Å². The zero-order chi connectivity index (χ0) is 14.1. The van der Waals surface area contributed by atoms with Crippen molar-refractivity contribution >= 4 is 21.8 Å². The summed E-state index contributed by atoms with van der Waals surface area (Å²) < 4.78 is 2.68. The highest BCUT2D eigenvalue weighted by molar-refractivity contribution is 9.10. The van der Waals surface area contributed by atoms with Crippen LogP contribution in [0.3, 0.4) is 0 Å². The second kappa shape index (κ2) is 5.38. The highest BCUT2D eigenvalue weighted by Gasteiger charge is 2.25. The van der Waals surface area contributed by atoms with Gasteiger partial charge in [0.2, 0.25) is 0 Å². The number of nitrogens with two attached hydrogens (primary N) is 1. The van der Waals surface area contributed by atoms with Gasteiger partial charge in [-0.05, 0) is 24.6 Å². The molecule has 1 amide bonds. The van der Waals surface area contributed by atoms with Gasteiger partial charge in [0.25, 0.3) is 5.91 Å². The van der Waals surface area contributed by atoms with Crippen LogP contribution in [-0.4, -0.2) is 39.7 Å². The van der Waals surface area contributed by atoms with Crippen LogP contribution in [0.1, 0.15) is 16.8 Å². The number of hydrogen-bond donors (Lipinski definition) is 1. The van der Waals surface area contributed by atoms with E-state index in [2.05, 4.69) is 21.0 Å². The maximum atomic E-state index is 12.3. The summed E-state index contributed by atoms with van der Waals surface area (Å²) >= 11 is 3.43. The van der Waals surface area contributed by atoms with E-state index in [1.165, 1.54) is 0 Å². The minimum Gasteiger partial charge on any atom is -0.337 e. The van der Waals surface area contributed by atoms with E-state index in [0.29, 0.717) is 12.1 Å². The lowest BCUT2D eigenvalue weighted by Crippen LogP contribution is -2.31. The van der Waals surface area contributed by atoms with Crippen molar-refractivity contribution in [2.24, 2.45) is 5.73 Å². The van der Waals surface area contributed by atoms with E-state index in [4.69, 9.17) is 5.73 Å². The van der Waals surface area contributed by atoms with Crippen LogP contribution in [0.2, 0.25) is 0 Å². The Morgan fingerprint density at radius 3 is 3.00 bits per heavy atom. The van der Waals surface area contributed by atoms with Crippen molar-refractivity contribution in [3.63, 3.8) is 0 Å². The molecule has 1 fully saturated rings. The van der Waals surface area contributed by atoms with Gasteiger partial charge in [-0.15, -0.1) is 0 Å². The molecule has 0 aliphatic carbocycles. The third-order valence-electron chi connectivity index (χ3n) is 3.41. The molecule has 1 unspecified atom stereocenters. The van der Waals surface area contributed by atoms with Crippen molar-refractivity contribution in [3.8, 4) is 5.69 Å². The second-order valence-electron chi connectivity index (χ2n) is 4.95. The second-order valence-corrected chi connectivity index (χ2v) is 5.87. The Hall–Kier alpha value is -1.66. The van der Waals surface area contributed by atoms with E-state index >= 15 is 0 Å². The van der Waals surface area contributed by atoms with Gasteiger partial charge in [0, 0.05) is 29.8 Å². The normalized spacial score (nSPS) is 18.5. The largest absolute Gasteiger partial charge is 0.337 e. The molecule has 104 valence electrons. The summed E-state index contributed by atoms with van der Waals surface area (Å²) in [5.74, 6) is -0.000744. The summed E-state index contributed by atoms with van der Waals surface area (Å²) in [6.07, 6.45) is 4.23. The highest BCUT2D eigenvalue weighted by atomic mass is 79.9. The number of carbonyl (C=O) groups excluding carboxylic acids is 1. The Balaban J connectivity index is 1.81. The minimum atomic E-state index is -0.000744. The van der Waals surface area contributed by atoms with Crippen LogP contribution in [-0.2, 0) is 0 Å². The zero-order valence-electron chi connectivity index (χ0n) is 10.9. The number of halogens is 1. The number of hydrogen-bond acceptors (Lipinski definition) is 3. The molecule has 1 aliphatic heterocycles. The van der Waals surface area contributed by atoms with Crippen LogP contribution in [0.4, 0.5) is 0 Å². The maximum absolute atomic E-state index is 12.3. The summed E-state index contributed by atoms with van der Waals surface area (Å²) in [6.45, 7) is 1.35. The Bertz CT molecular complexity index is 640. The molecule has 2 heterocycles. The van der Waals surface area contributed by atoms with Crippen molar-refractivity contribution in [2.45, 2.75) is 12.5 Å². The molecule has 0 bridgehead atoms. The summed E-state index contributed by atoms with van der Waals surface area (Å²) in [4.78, 5) is 14.1. The van der Waals surface area contributed by atoms with Crippen molar-refractivity contribution < 1.29 is 4.79 Å². The molecule has 0 saturated carbocycles. The fourth-order valence-electron chi connectivity index (χ4n) is 2.35. The Morgan fingerprint density at radius 1 is 1.45 bits per heavy atom.